The van der Waals surface area contributed by atoms with E-state index in [1.807, 2.05) is 37.4 Å². The van der Waals surface area contributed by atoms with Crippen molar-refractivity contribution in [3.63, 3.8) is 0 Å². The molecule has 0 saturated carbocycles. The number of aryl methyl sites for hydroxylation is 1. The summed E-state index contributed by atoms with van der Waals surface area (Å²) in [6, 6.07) is 8.15. The van der Waals surface area contributed by atoms with Crippen LogP contribution in [-0.4, -0.2) is 22.0 Å². The first-order valence-corrected chi connectivity index (χ1v) is 6.12. The van der Waals surface area contributed by atoms with E-state index in [-0.39, 0.29) is 0 Å². The normalized spacial score (nSPS) is 10.6. The molecular weight excluding hydrogens is 238 g/mol. The number of nitrogens with zero attached hydrogens (tertiary/aromatic N) is 2. The number of nitrogens with one attached hydrogen (secondary N) is 3. The summed E-state index contributed by atoms with van der Waals surface area (Å²) < 4.78 is 0. The molecule has 3 aromatic rings. The highest BCUT2D eigenvalue weighted by atomic mass is 15.1. The van der Waals surface area contributed by atoms with Gasteiger partial charge in [0.15, 0.2) is 0 Å². The summed E-state index contributed by atoms with van der Waals surface area (Å²) in [5, 5.41) is 7.45. The maximum Gasteiger partial charge on any atom is 0.224 e. The minimum Gasteiger partial charge on any atom is -0.361 e. The standard InChI is InChI=1S/C14H15N5/c1-9-8-17-14(15-2)19-13(9)18-12-5-3-4-11-10(12)6-7-16-11/h3-8,16H,1-2H3,(H2,15,17,18,19). The van der Waals surface area contributed by atoms with Gasteiger partial charge in [-0.15, -0.1) is 0 Å². The van der Waals surface area contributed by atoms with Gasteiger partial charge in [0.25, 0.3) is 0 Å². The van der Waals surface area contributed by atoms with Gasteiger partial charge in [0.2, 0.25) is 5.95 Å². The molecule has 3 rings (SSSR count). The van der Waals surface area contributed by atoms with E-state index >= 15 is 0 Å². The van der Waals surface area contributed by atoms with Crippen LogP contribution in [-0.2, 0) is 0 Å². The first kappa shape index (κ1) is 11.5. The molecule has 96 valence electrons. The fourth-order valence-corrected chi connectivity index (χ4v) is 2.01. The summed E-state index contributed by atoms with van der Waals surface area (Å²) in [4.78, 5) is 11.8. The molecule has 2 heterocycles. The zero-order valence-corrected chi connectivity index (χ0v) is 10.9. The van der Waals surface area contributed by atoms with Crippen molar-refractivity contribution < 1.29 is 0 Å². The monoisotopic (exact) mass is 253 g/mol. The lowest BCUT2D eigenvalue weighted by Crippen LogP contribution is -2.02. The van der Waals surface area contributed by atoms with Crippen LogP contribution in [0, 0.1) is 6.92 Å². The summed E-state index contributed by atoms with van der Waals surface area (Å²) in [6.45, 7) is 1.99. The van der Waals surface area contributed by atoms with E-state index in [0.717, 1.165) is 28.0 Å². The van der Waals surface area contributed by atoms with Gasteiger partial charge in [0.05, 0.1) is 0 Å². The van der Waals surface area contributed by atoms with Gasteiger partial charge in [-0.1, -0.05) is 6.07 Å². The molecule has 0 atom stereocenters. The number of hydrogen-bond acceptors (Lipinski definition) is 4. The van der Waals surface area contributed by atoms with Crippen LogP contribution in [0.25, 0.3) is 10.9 Å². The van der Waals surface area contributed by atoms with Gasteiger partial charge in [-0.05, 0) is 25.1 Å². The number of H-pyrrole nitrogens is 1. The Kier molecular flexibility index (Phi) is 2.79. The largest absolute Gasteiger partial charge is 0.361 e. The second-order valence-electron chi connectivity index (χ2n) is 4.34. The number of hydrogen-bond donors (Lipinski definition) is 3. The highest BCUT2D eigenvalue weighted by Crippen LogP contribution is 2.26. The summed E-state index contributed by atoms with van der Waals surface area (Å²) >= 11 is 0. The van der Waals surface area contributed by atoms with Gasteiger partial charge in [-0.3, -0.25) is 0 Å². The van der Waals surface area contributed by atoms with E-state index in [2.05, 4.69) is 25.6 Å². The highest BCUT2D eigenvalue weighted by molar-refractivity contribution is 5.93. The Morgan fingerprint density at radius 3 is 2.95 bits per heavy atom. The molecule has 0 saturated heterocycles. The van der Waals surface area contributed by atoms with Gasteiger partial charge < -0.3 is 15.6 Å². The van der Waals surface area contributed by atoms with Crippen molar-refractivity contribution in [1.29, 1.82) is 0 Å². The molecule has 0 spiro atoms. The summed E-state index contributed by atoms with van der Waals surface area (Å²) in [7, 11) is 1.81. The number of aromatic amines is 1. The molecule has 0 aliphatic heterocycles. The lowest BCUT2D eigenvalue weighted by Gasteiger charge is -2.10. The predicted molar refractivity (Wildman–Crippen MR) is 77.9 cm³/mol. The van der Waals surface area contributed by atoms with Crippen LogP contribution in [0.4, 0.5) is 17.5 Å². The van der Waals surface area contributed by atoms with E-state index in [0.29, 0.717) is 5.95 Å². The van der Waals surface area contributed by atoms with Crippen molar-refractivity contribution in [2.75, 3.05) is 17.7 Å². The zero-order valence-electron chi connectivity index (χ0n) is 10.9. The number of aromatic nitrogens is 3. The average Bonchev–Trinajstić information content (AvgIpc) is 2.90. The maximum atomic E-state index is 4.43. The van der Waals surface area contributed by atoms with Crippen molar-refractivity contribution in [2.45, 2.75) is 6.92 Å². The Morgan fingerprint density at radius 1 is 1.21 bits per heavy atom. The third-order valence-electron chi connectivity index (χ3n) is 3.04. The smallest absolute Gasteiger partial charge is 0.224 e. The first-order valence-electron chi connectivity index (χ1n) is 6.12. The van der Waals surface area contributed by atoms with Gasteiger partial charge in [0, 0.05) is 41.6 Å². The van der Waals surface area contributed by atoms with Crippen LogP contribution in [0.2, 0.25) is 0 Å². The molecule has 0 bridgehead atoms. The summed E-state index contributed by atoms with van der Waals surface area (Å²) in [5.41, 5.74) is 3.14. The Bertz CT molecular complexity index is 717. The zero-order chi connectivity index (χ0) is 13.2. The molecule has 2 aromatic heterocycles. The SMILES string of the molecule is CNc1ncc(C)c(Nc2cccc3[nH]ccc23)n1. The third-order valence-corrected chi connectivity index (χ3v) is 3.04. The van der Waals surface area contributed by atoms with Crippen LogP contribution in [0.3, 0.4) is 0 Å². The van der Waals surface area contributed by atoms with E-state index in [1.165, 1.54) is 0 Å². The Morgan fingerprint density at radius 2 is 2.11 bits per heavy atom. The number of benzene rings is 1. The third kappa shape index (κ3) is 2.10. The van der Waals surface area contributed by atoms with Gasteiger partial charge >= 0.3 is 0 Å². The lowest BCUT2D eigenvalue weighted by atomic mass is 10.2. The molecule has 3 N–H and O–H groups in total. The van der Waals surface area contributed by atoms with Gasteiger partial charge in [-0.25, -0.2) is 4.98 Å². The van der Waals surface area contributed by atoms with Crippen LogP contribution >= 0.6 is 0 Å². The summed E-state index contributed by atoms with van der Waals surface area (Å²) in [5.74, 6) is 1.42. The minimum atomic E-state index is 0.606. The molecule has 0 unspecified atom stereocenters. The van der Waals surface area contributed by atoms with Crippen molar-refractivity contribution in [2.24, 2.45) is 0 Å². The molecule has 0 radical (unpaired) electrons. The van der Waals surface area contributed by atoms with Crippen molar-refractivity contribution in [1.82, 2.24) is 15.0 Å². The number of rotatable bonds is 3. The topological polar surface area (TPSA) is 65.6 Å². The molecular formula is C14H15N5. The van der Waals surface area contributed by atoms with Crippen molar-refractivity contribution >= 4 is 28.4 Å². The molecule has 19 heavy (non-hydrogen) atoms. The van der Waals surface area contributed by atoms with Gasteiger partial charge in [0.1, 0.15) is 5.82 Å². The lowest BCUT2D eigenvalue weighted by molar-refractivity contribution is 1.12. The average molecular weight is 253 g/mol. The quantitative estimate of drug-likeness (QED) is 0.671. The van der Waals surface area contributed by atoms with Crippen LogP contribution < -0.4 is 10.6 Å². The fraction of sp³-hybridized carbons (Fsp3) is 0.143. The molecule has 0 aliphatic carbocycles. The van der Waals surface area contributed by atoms with E-state index in [1.54, 1.807) is 13.2 Å². The van der Waals surface area contributed by atoms with Crippen LogP contribution in [0.5, 0.6) is 0 Å². The molecule has 5 nitrogen and oxygen atoms in total. The number of anilines is 3. The Hall–Kier alpha value is -2.56. The Labute approximate surface area is 111 Å². The maximum absolute atomic E-state index is 4.43. The molecule has 1 aromatic carbocycles. The van der Waals surface area contributed by atoms with E-state index in [4.69, 9.17) is 0 Å². The Balaban J connectivity index is 2.03. The summed E-state index contributed by atoms with van der Waals surface area (Å²) in [6.07, 6.45) is 3.74. The number of fused-ring (bicyclic) bond motifs is 1. The minimum absolute atomic E-state index is 0.606. The second-order valence-corrected chi connectivity index (χ2v) is 4.34. The second kappa shape index (κ2) is 4.61. The highest BCUT2D eigenvalue weighted by Gasteiger charge is 2.06. The molecule has 0 aliphatic rings. The van der Waals surface area contributed by atoms with Gasteiger partial charge in [-0.2, -0.15) is 4.98 Å². The molecule has 5 heteroatoms. The van der Waals surface area contributed by atoms with E-state index < -0.39 is 0 Å². The van der Waals surface area contributed by atoms with Crippen molar-refractivity contribution in [3.8, 4) is 0 Å². The molecule has 0 amide bonds. The van der Waals surface area contributed by atoms with E-state index in [9.17, 15) is 0 Å². The van der Waals surface area contributed by atoms with Crippen molar-refractivity contribution in [3.05, 3.63) is 42.2 Å². The molecule has 0 fully saturated rings. The first-order chi connectivity index (χ1) is 9.28. The predicted octanol–water partition coefficient (Wildman–Crippen LogP) is 3.05. The van der Waals surface area contributed by atoms with Crippen LogP contribution in [0.15, 0.2) is 36.7 Å². The fourth-order valence-electron chi connectivity index (χ4n) is 2.01. The van der Waals surface area contributed by atoms with Crippen LogP contribution in [0.1, 0.15) is 5.56 Å².